The van der Waals surface area contributed by atoms with Crippen molar-refractivity contribution in [2.45, 2.75) is 6.54 Å². The van der Waals surface area contributed by atoms with Crippen LogP contribution in [0.3, 0.4) is 0 Å². The summed E-state index contributed by atoms with van der Waals surface area (Å²) < 4.78 is 18.1. The van der Waals surface area contributed by atoms with E-state index in [4.69, 9.17) is 9.84 Å². The van der Waals surface area contributed by atoms with E-state index < -0.39 is 5.97 Å². The Balaban J connectivity index is 2.78. The number of carboxylic acid groups (broad SMARTS) is 1. The Bertz CT molecular complexity index is 381. The first kappa shape index (κ1) is 12.4. The number of methoxy groups -OCH3 is 1. The number of hydrogen-bond donors (Lipinski definition) is 1. The van der Waals surface area contributed by atoms with Gasteiger partial charge in [0.25, 0.3) is 0 Å². The minimum Gasteiger partial charge on any atom is -0.496 e. The van der Waals surface area contributed by atoms with Gasteiger partial charge in [0.05, 0.1) is 13.7 Å². The molecule has 0 aromatic heterocycles. The molecule has 1 aromatic rings. The predicted molar refractivity (Wildman–Crippen MR) is 56.9 cm³/mol. The first-order valence-electron chi connectivity index (χ1n) is 4.75. The van der Waals surface area contributed by atoms with Crippen LogP contribution in [-0.2, 0) is 11.3 Å². The van der Waals surface area contributed by atoms with E-state index in [0.717, 1.165) is 0 Å². The van der Waals surface area contributed by atoms with Crippen molar-refractivity contribution in [2.75, 3.05) is 20.7 Å². The summed E-state index contributed by atoms with van der Waals surface area (Å²) in [5.41, 5.74) is 0.631. The molecule has 0 aliphatic rings. The average molecular weight is 227 g/mol. The monoisotopic (exact) mass is 227 g/mol. The zero-order valence-electron chi connectivity index (χ0n) is 9.24. The summed E-state index contributed by atoms with van der Waals surface area (Å²) in [5, 5.41) is 8.60. The van der Waals surface area contributed by atoms with Crippen molar-refractivity contribution in [3.05, 3.63) is 29.6 Å². The third kappa shape index (κ3) is 3.51. The second kappa shape index (κ2) is 5.46. The molecule has 1 aromatic carbocycles. The number of nitrogens with zero attached hydrogens (tertiary/aromatic N) is 1. The van der Waals surface area contributed by atoms with E-state index in [2.05, 4.69) is 0 Å². The number of hydrogen-bond acceptors (Lipinski definition) is 3. The first-order chi connectivity index (χ1) is 7.52. The summed E-state index contributed by atoms with van der Waals surface area (Å²) in [4.78, 5) is 12.0. The molecule has 88 valence electrons. The van der Waals surface area contributed by atoms with E-state index in [1.807, 2.05) is 0 Å². The topological polar surface area (TPSA) is 49.8 Å². The van der Waals surface area contributed by atoms with Crippen molar-refractivity contribution in [1.82, 2.24) is 4.90 Å². The van der Waals surface area contributed by atoms with Crippen LogP contribution in [-0.4, -0.2) is 36.7 Å². The molecule has 0 amide bonds. The van der Waals surface area contributed by atoms with Crippen LogP contribution >= 0.6 is 0 Å². The minimum atomic E-state index is -0.919. The second-order valence-electron chi connectivity index (χ2n) is 3.52. The fourth-order valence-corrected chi connectivity index (χ4v) is 1.45. The second-order valence-corrected chi connectivity index (χ2v) is 3.52. The third-order valence-corrected chi connectivity index (χ3v) is 2.09. The lowest BCUT2D eigenvalue weighted by molar-refractivity contribution is -0.138. The fourth-order valence-electron chi connectivity index (χ4n) is 1.45. The van der Waals surface area contributed by atoms with Crippen LogP contribution in [0.15, 0.2) is 18.2 Å². The zero-order valence-corrected chi connectivity index (χ0v) is 9.24. The Morgan fingerprint density at radius 3 is 2.81 bits per heavy atom. The van der Waals surface area contributed by atoms with Crippen molar-refractivity contribution < 1.29 is 19.0 Å². The number of aliphatic carboxylic acids is 1. The highest BCUT2D eigenvalue weighted by Crippen LogP contribution is 2.20. The van der Waals surface area contributed by atoms with E-state index in [1.54, 1.807) is 11.9 Å². The summed E-state index contributed by atoms with van der Waals surface area (Å²) >= 11 is 0. The molecule has 0 fully saturated rings. The summed E-state index contributed by atoms with van der Waals surface area (Å²) in [6.07, 6.45) is 0. The third-order valence-electron chi connectivity index (χ3n) is 2.09. The van der Waals surface area contributed by atoms with Gasteiger partial charge in [-0.1, -0.05) is 0 Å². The van der Waals surface area contributed by atoms with Crippen molar-refractivity contribution >= 4 is 5.97 Å². The van der Waals surface area contributed by atoms with Crippen LogP contribution in [0.25, 0.3) is 0 Å². The Morgan fingerprint density at radius 1 is 1.56 bits per heavy atom. The molecule has 0 unspecified atom stereocenters. The van der Waals surface area contributed by atoms with E-state index in [9.17, 15) is 9.18 Å². The highest BCUT2D eigenvalue weighted by molar-refractivity contribution is 5.69. The molecule has 0 spiro atoms. The van der Waals surface area contributed by atoms with Gasteiger partial charge in [-0.2, -0.15) is 0 Å². The summed E-state index contributed by atoms with van der Waals surface area (Å²) in [6, 6.07) is 4.18. The lowest BCUT2D eigenvalue weighted by Gasteiger charge is -2.16. The van der Waals surface area contributed by atoms with E-state index in [1.165, 1.54) is 25.3 Å². The lowest BCUT2D eigenvalue weighted by Crippen LogP contribution is -2.25. The normalized spacial score (nSPS) is 10.5. The maximum Gasteiger partial charge on any atom is 0.317 e. The van der Waals surface area contributed by atoms with Crippen molar-refractivity contribution in [1.29, 1.82) is 0 Å². The maximum absolute atomic E-state index is 13.0. The molecule has 0 saturated carbocycles. The minimum absolute atomic E-state index is 0.0976. The van der Waals surface area contributed by atoms with Gasteiger partial charge in [0.1, 0.15) is 11.6 Å². The Morgan fingerprint density at radius 2 is 2.25 bits per heavy atom. The molecule has 0 heterocycles. The Labute approximate surface area is 93.3 Å². The van der Waals surface area contributed by atoms with Gasteiger partial charge in [-0.05, 0) is 25.2 Å². The van der Waals surface area contributed by atoms with Gasteiger partial charge in [0.15, 0.2) is 0 Å². The molecule has 5 heteroatoms. The van der Waals surface area contributed by atoms with Crippen molar-refractivity contribution in [3.8, 4) is 5.75 Å². The zero-order chi connectivity index (χ0) is 12.1. The van der Waals surface area contributed by atoms with Crippen molar-refractivity contribution in [3.63, 3.8) is 0 Å². The first-order valence-corrected chi connectivity index (χ1v) is 4.75. The van der Waals surface area contributed by atoms with Crippen LogP contribution in [0.4, 0.5) is 4.39 Å². The standard InChI is InChI=1S/C11H14FNO3/c1-13(7-11(14)15)6-8-5-9(12)3-4-10(8)16-2/h3-5H,6-7H2,1-2H3,(H,14,15). The molecule has 0 radical (unpaired) electrons. The molecule has 0 saturated heterocycles. The van der Waals surface area contributed by atoms with Crippen LogP contribution in [0, 0.1) is 5.82 Å². The number of benzene rings is 1. The van der Waals surface area contributed by atoms with E-state index >= 15 is 0 Å². The summed E-state index contributed by atoms with van der Waals surface area (Å²) in [5.74, 6) is -0.726. The molecule has 1 N–H and O–H groups in total. The van der Waals surface area contributed by atoms with E-state index in [0.29, 0.717) is 17.9 Å². The molecule has 16 heavy (non-hydrogen) atoms. The van der Waals surface area contributed by atoms with Gasteiger partial charge in [-0.25, -0.2) is 4.39 Å². The molecule has 0 aliphatic heterocycles. The Kier molecular flexibility index (Phi) is 4.25. The van der Waals surface area contributed by atoms with Crippen molar-refractivity contribution in [2.24, 2.45) is 0 Å². The molecule has 0 atom stereocenters. The number of ether oxygens (including phenoxy) is 1. The lowest BCUT2D eigenvalue weighted by atomic mass is 10.2. The maximum atomic E-state index is 13.0. The number of likely N-dealkylation sites (N-methyl/N-ethyl adjacent to an activating group) is 1. The predicted octanol–water partition coefficient (Wildman–Crippen LogP) is 1.35. The molecule has 0 bridgehead atoms. The van der Waals surface area contributed by atoms with Gasteiger partial charge in [-0.3, -0.25) is 9.69 Å². The number of carbonyl (C=O) groups is 1. The van der Waals surface area contributed by atoms with Gasteiger partial charge in [0, 0.05) is 12.1 Å². The number of rotatable bonds is 5. The van der Waals surface area contributed by atoms with Crippen LogP contribution < -0.4 is 4.74 Å². The SMILES string of the molecule is COc1ccc(F)cc1CN(C)CC(=O)O. The highest BCUT2D eigenvalue weighted by Gasteiger charge is 2.09. The van der Waals surface area contributed by atoms with Crippen LogP contribution in [0.2, 0.25) is 0 Å². The molecule has 0 aliphatic carbocycles. The van der Waals surface area contributed by atoms with Gasteiger partial charge < -0.3 is 9.84 Å². The molecular formula is C11H14FNO3. The van der Waals surface area contributed by atoms with Gasteiger partial charge in [-0.15, -0.1) is 0 Å². The fraction of sp³-hybridized carbons (Fsp3) is 0.364. The molecule has 4 nitrogen and oxygen atoms in total. The average Bonchev–Trinajstić information content (AvgIpc) is 2.16. The number of carboxylic acids is 1. The largest absolute Gasteiger partial charge is 0.496 e. The Hall–Kier alpha value is -1.62. The van der Waals surface area contributed by atoms with Gasteiger partial charge >= 0.3 is 5.97 Å². The highest BCUT2D eigenvalue weighted by atomic mass is 19.1. The van der Waals surface area contributed by atoms with Crippen LogP contribution in [0.5, 0.6) is 5.75 Å². The summed E-state index contributed by atoms with van der Waals surface area (Å²) in [6.45, 7) is 0.229. The quantitative estimate of drug-likeness (QED) is 0.825. The van der Waals surface area contributed by atoms with Crippen LogP contribution in [0.1, 0.15) is 5.56 Å². The smallest absolute Gasteiger partial charge is 0.317 e. The summed E-state index contributed by atoms with van der Waals surface area (Å²) in [7, 11) is 3.15. The van der Waals surface area contributed by atoms with Gasteiger partial charge in [0.2, 0.25) is 0 Å². The van der Waals surface area contributed by atoms with E-state index in [-0.39, 0.29) is 12.4 Å². The molecular weight excluding hydrogens is 213 g/mol. The number of halogens is 1. The molecule has 1 rings (SSSR count).